The van der Waals surface area contributed by atoms with Gasteiger partial charge < -0.3 is 10.2 Å². The predicted octanol–water partition coefficient (Wildman–Crippen LogP) is 0.579. The fourth-order valence-electron chi connectivity index (χ4n) is 1.94. The van der Waals surface area contributed by atoms with Crippen molar-refractivity contribution in [1.29, 1.82) is 0 Å². The molecule has 1 saturated heterocycles. The predicted molar refractivity (Wildman–Crippen MR) is 61.4 cm³/mol. The van der Waals surface area contributed by atoms with Gasteiger partial charge in [-0.15, -0.1) is 0 Å². The number of nitrogens with one attached hydrogen (secondary N) is 2. The molecule has 2 heterocycles. The summed E-state index contributed by atoms with van der Waals surface area (Å²) in [6.45, 7) is 7.43. The summed E-state index contributed by atoms with van der Waals surface area (Å²) in [7, 11) is 0. The van der Waals surface area contributed by atoms with E-state index in [1.54, 1.807) is 6.20 Å². The fourth-order valence-corrected chi connectivity index (χ4v) is 1.94. The molecule has 1 amide bonds. The molecule has 0 aliphatic carbocycles. The Hall–Kier alpha value is -1.36. The van der Waals surface area contributed by atoms with Gasteiger partial charge in [0, 0.05) is 26.2 Å². The van der Waals surface area contributed by atoms with Crippen LogP contribution in [0, 0.1) is 0 Å². The van der Waals surface area contributed by atoms with Gasteiger partial charge in [0.05, 0.1) is 17.5 Å². The number of hydrogen-bond donors (Lipinski definition) is 2. The Labute approximate surface area is 95.2 Å². The van der Waals surface area contributed by atoms with Crippen LogP contribution in [0.4, 0.5) is 0 Å². The van der Waals surface area contributed by atoms with Crippen molar-refractivity contribution in [3.63, 3.8) is 0 Å². The van der Waals surface area contributed by atoms with E-state index in [0.29, 0.717) is 5.92 Å². The van der Waals surface area contributed by atoms with Gasteiger partial charge in [0.1, 0.15) is 0 Å². The van der Waals surface area contributed by atoms with E-state index in [1.807, 2.05) is 4.90 Å². The van der Waals surface area contributed by atoms with Crippen molar-refractivity contribution in [3.05, 3.63) is 17.5 Å². The number of carbonyl (C=O) groups excluding carboxylic acids is 1. The molecule has 5 heteroatoms. The van der Waals surface area contributed by atoms with Crippen LogP contribution in [0.1, 0.15) is 35.8 Å². The highest BCUT2D eigenvalue weighted by atomic mass is 16.2. The van der Waals surface area contributed by atoms with Crippen LogP contribution in [-0.2, 0) is 0 Å². The lowest BCUT2D eigenvalue weighted by atomic mass is 10.1. The number of hydrogen-bond acceptors (Lipinski definition) is 3. The van der Waals surface area contributed by atoms with E-state index in [4.69, 9.17) is 0 Å². The summed E-state index contributed by atoms with van der Waals surface area (Å²) in [5.74, 6) is 0.392. The van der Waals surface area contributed by atoms with Gasteiger partial charge in [0.2, 0.25) is 0 Å². The van der Waals surface area contributed by atoms with E-state index < -0.39 is 0 Å². The first-order chi connectivity index (χ1) is 7.70. The minimum absolute atomic E-state index is 0.0963. The maximum absolute atomic E-state index is 12.2. The highest BCUT2D eigenvalue weighted by molar-refractivity contribution is 5.95. The minimum Gasteiger partial charge on any atom is -0.336 e. The Kier molecular flexibility index (Phi) is 3.24. The average Bonchev–Trinajstić information content (AvgIpc) is 2.78. The molecule has 0 radical (unpaired) electrons. The summed E-state index contributed by atoms with van der Waals surface area (Å²) in [6, 6.07) is 0. The summed E-state index contributed by atoms with van der Waals surface area (Å²) in [5, 5.41) is 10.1. The average molecular weight is 222 g/mol. The van der Waals surface area contributed by atoms with E-state index in [0.717, 1.165) is 37.4 Å². The number of aromatic nitrogens is 2. The maximum atomic E-state index is 12.2. The van der Waals surface area contributed by atoms with Crippen LogP contribution >= 0.6 is 0 Å². The molecule has 0 atom stereocenters. The quantitative estimate of drug-likeness (QED) is 0.769. The molecule has 1 fully saturated rings. The number of aromatic amines is 1. The Morgan fingerprint density at radius 2 is 2.12 bits per heavy atom. The van der Waals surface area contributed by atoms with Crippen molar-refractivity contribution in [1.82, 2.24) is 20.4 Å². The molecule has 1 aromatic rings. The van der Waals surface area contributed by atoms with E-state index in [2.05, 4.69) is 29.4 Å². The SMILES string of the molecule is CC(C)c1[nH]ncc1C(=O)N1CCNCC1. The molecule has 2 N–H and O–H groups in total. The zero-order chi connectivity index (χ0) is 11.5. The third-order valence-electron chi connectivity index (χ3n) is 2.88. The summed E-state index contributed by atoms with van der Waals surface area (Å²) in [5.41, 5.74) is 1.65. The molecule has 1 aliphatic rings. The fraction of sp³-hybridized carbons (Fsp3) is 0.636. The third kappa shape index (κ3) is 2.09. The van der Waals surface area contributed by atoms with Crippen LogP contribution in [0.15, 0.2) is 6.20 Å². The van der Waals surface area contributed by atoms with Crippen LogP contribution in [0.2, 0.25) is 0 Å². The normalized spacial score (nSPS) is 16.8. The molecule has 0 spiro atoms. The first kappa shape index (κ1) is 11.1. The van der Waals surface area contributed by atoms with E-state index in [9.17, 15) is 4.79 Å². The first-order valence-electron chi connectivity index (χ1n) is 5.73. The van der Waals surface area contributed by atoms with Crippen molar-refractivity contribution in [3.8, 4) is 0 Å². The topological polar surface area (TPSA) is 61.0 Å². The smallest absolute Gasteiger partial charge is 0.257 e. The lowest BCUT2D eigenvalue weighted by Crippen LogP contribution is -2.46. The molecule has 16 heavy (non-hydrogen) atoms. The molecule has 0 unspecified atom stereocenters. The zero-order valence-electron chi connectivity index (χ0n) is 9.79. The van der Waals surface area contributed by atoms with Crippen LogP contribution in [0.3, 0.4) is 0 Å². The maximum Gasteiger partial charge on any atom is 0.257 e. The third-order valence-corrected chi connectivity index (χ3v) is 2.88. The monoisotopic (exact) mass is 222 g/mol. The second-order valence-corrected chi connectivity index (χ2v) is 4.39. The number of H-pyrrole nitrogens is 1. The van der Waals surface area contributed by atoms with E-state index in [1.165, 1.54) is 0 Å². The van der Waals surface area contributed by atoms with Crippen molar-refractivity contribution in [2.24, 2.45) is 0 Å². The van der Waals surface area contributed by atoms with Crippen LogP contribution in [-0.4, -0.2) is 47.2 Å². The summed E-state index contributed by atoms with van der Waals surface area (Å²) < 4.78 is 0. The molecule has 88 valence electrons. The number of piperazine rings is 1. The highest BCUT2D eigenvalue weighted by Crippen LogP contribution is 2.17. The van der Waals surface area contributed by atoms with Crippen LogP contribution < -0.4 is 5.32 Å². The Morgan fingerprint density at radius 1 is 1.44 bits per heavy atom. The van der Waals surface area contributed by atoms with Gasteiger partial charge in [-0.2, -0.15) is 5.10 Å². The number of nitrogens with zero attached hydrogens (tertiary/aromatic N) is 2. The van der Waals surface area contributed by atoms with Gasteiger partial charge in [-0.1, -0.05) is 13.8 Å². The summed E-state index contributed by atoms with van der Waals surface area (Å²) in [6.07, 6.45) is 1.64. The van der Waals surface area contributed by atoms with E-state index in [-0.39, 0.29) is 5.91 Å². The molecule has 0 saturated carbocycles. The first-order valence-corrected chi connectivity index (χ1v) is 5.73. The zero-order valence-corrected chi connectivity index (χ0v) is 9.79. The van der Waals surface area contributed by atoms with Gasteiger partial charge in [-0.25, -0.2) is 0 Å². The lowest BCUT2D eigenvalue weighted by Gasteiger charge is -2.27. The summed E-state index contributed by atoms with van der Waals surface area (Å²) >= 11 is 0. The largest absolute Gasteiger partial charge is 0.336 e. The van der Waals surface area contributed by atoms with Crippen molar-refractivity contribution in [2.75, 3.05) is 26.2 Å². The van der Waals surface area contributed by atoms with Crippen molar-refractivity contribution in [2.45, 2.75) is 19.8 Å². The number of rotatable bonds is 2. The number of amides is 1. The second-order valence-electron chi connectivity index (χ2n) is 4.39. The standard InChI is InChI=1S/C11H18N4O/c1-8(2)10-9(7-13-14-10)11(16)15-5-3-12-4-6-15/h7-8,12H,3-6H2,1-2H3,(H,13,14). The van der Waals surface area contributed by atoms with E-state index >= 15 is 0 Å². The molecule has 1 aliphatic heterocycles. The molecule has 1 aromatic heterocycles. The molecule has 2 rings (SSSR count). The molecule has 0 aromatic carbocycles. The molecular formula is C11H18N4O. The Bertz CT molecular complexity index is 366. The van der Waals surface area contributed by atoms with Gasteiger partial charge in [-0.05, 0) is 5.92 Å². The number of carbonyl (C=O) groups is 1. The molecule has 5 nitrogen and oxygen atoms in total. The highest BCUT2D eigenvalue weighted by Gasteiger charge is 2.22. The molecule has 0 bridgehead atoms. The summed E-state index contributed by atoms with van der Waals surface area (Å²) in [4.78, 5) is 14.1. The van der Waals surface area contributed by atoms with Crippen molar-refractivity contribution >= 4 is 5.91 Å². The second kappa shape index (κ2) is 4.65. The molecular weight excluding hydrogens is 204 g/mol. The van der Waals surface area contributed by atoms with Gasteiger partial charge >= 0.3 is 0 Å². The van der Waals surface area contributed by atoms with Gasteiger partial charge in [0.25, 0.3) is 5.91 Å². The van der Waals surface area contributed by atoms with Crippen LogP contribution in [0.25, 0.3) is 0 Å². The Balaban J connectivity index is 2.16. The van der Waals surface area contributed by atoms with Crippen LogP contribution in [0.5, 0.6) is 0 Å². The lowest BCUT2D eigenvalue weighted by molar-refractivity contribution is 0.0734. The van der Waals surface area contributed by atoms with Crippen molar-refractivity contribution < 1.29 is 4.79 Å². The van der Waals surface area contributed by atoms with Gasteiger partial charge in [-0.3, -0.25) is 9.89 Å². The van der Waals surface area contributed by atoms with Gasteiger partial charge in [0.15, 0.2) is 0 Å². The minimum atomic E-state index is 0.0963. The Morgan fingerprint density at radius 3 is 2.75 bits per heavy atom.